The Kier molecular flexibility index (Phi) is 41.1. The number of carbonyl (C=O) groups is 2. The predicted octanol–water partition coefficient (Wildman–Crippen LogP) is 13.9. The van der Waals surface area contributed by atoms with E-state index in [9.17, 15) is 14.7 Å². The van der Waals surface area contributed by atoms with Gasteiger partial charge in [0.05, 0.1) is 6.61 Å². The van der Waals surface area contributed by atoms with Gasteiger partial charge >= 0.3 is 11.9 Å². The van der Waals surface area contributed by atoms with Crippen LogP contribution < -0.4 is 0 Å². The van der Waals surface area contributed by atoms with Gasteiger partial charge in [-0.3, -0.25) is 9.59 Å². The van der Waals surface area contributed by atoms with Crippen LogP contribution in [0.25, 0.3) is 0 Å². The van der Waals surface area contributed by atoms with Gasteiger partial charge in [-0.1, -0.05) is 170 Å². The number of rotatable bonds is 38. The third-order valence-electron chi connectivity index (χ3n) is 8.92. The standard InChI is InChI=1S/C48H80O5/c1-3-5-7-9-11-13-15-17-19-21-22-23-24-25-26-27-29-31-33-35-37-39-41-43-48(51)53-46(44-49)45-52-47(50)42-40-38-36-34-32-30-28-20-18-16-14-12-10-8-6-4-2/h5,7,11,13-14,16-17,19-20,22-23,25-26,28,46,49H,3-4,6,8-10,12,15,18,21,24,27,29-45H2,1-2H3/b7-5-,13-11-,16-14-,19-17-,23-22-,26-25-,28-20-. The molecule has 0 fully saturated rings. The van der Waals surface area contributed by atoms with Gasteiger partial charge in [-0.15, -0.1) is 0 Å². The molecule has 0 aliphatic heterocycles. The summed E-state index contributed by atoms with van der Waals surface area (Å²) in [4.78, 5) is 24.3. The molecule has 0 aromatic heterocycles. The maximum atomic E-state index is 12.2. The average molecular weight is 737 g/mol. The molecule has 0 saturated heterocycles. The van der Waals surface area contributed by atoms with Crippen LogP contribution in [-0.2, 0) is 19.1 Å². The second kappa shape index (κ2) is 43.5. The molecule has 5 nitrogen and oxygen atoms in total. The van der Waals surface area contributed by atoms with Gasteiger partial charge in [-0.05, 0) is 89.9 Å². The van der Waals surface area contributed by atoms with Gasteiger partial charge in [0.25, 0.3) is 0 Å². The molecule has 0 spiro atoms. The molecule has 0 heterocycles. The molecule has 0 amide bonds. The van der Waals surface area contributed by atoms with Gasteiger partial charge < -0.3 is 14.6 Å². The highest BCUT2D eigenvalue weighted by molar-refractivity contribution is 5.70. The Morgan fingerprint density at radius 2 is 0.811 bits per heavy atom. The van der Waals surface area contributed by atoms with Crippen molar-refractivity contribution in [1.82, 2.24) is 0 Å². The minimum absolute atomic E-state index is 0.0823. The SMILES string of the molecule is CC/C=C\C/C=C\C/C=C\C/C=C\C/C=C\CCCCCCCCCC(=O)OC(CO)COC(=O)CCCCCCC/C=C\C/C=C\CCCCCC. The van der Waals surface area contributed by atoms with Gasteiger partial charge in [0.1, 0.15) is 6.61 Å². The third-order valence-corrected chi connectivity index (χ3v) is 8.92. The van der Waals surface area contributed by atoms with Gasteiger partial charge in [-0.25, -0.2) is 0 Å². The Morgan fingerprint density at radius 3 is 1.23 bits per heavy atom. The number of ether oxygens (including phenoxy) is 2. The summed E-state index contributed by atoms with van der Waals surface area (Å²) in [5, 5.41) is 9.58. The Labute approximate surface area is 326 Å². The van der Waals surface area contributed by atoms with E-state index in [1.54, 1.807) is 0 Å². The number of aliphatic hydroxyl groups is 1. The topological polar surface area (TPSA) is 72.8 Å². The normalized spacial score (nSPS) is 13.0. The number of carbonyl (C=O) groups excluding carboxylic acids is 2. The van der Waals surface area contributed by atoms with E-state index in [4.69, 9.17) is 9.47 Å². The van der Waals surface area contributed by atoms with Crippen molar-refractivity contribution in [3.63, 3.8) is 0 Å². The number of unbranched alkanes of at least 4 members (excludes halogenated alkanes) is 16. The van der Waals surface area contributed by atoms with E-state index in [1.807, 2.05) is 0 Å². The summed E-state index contributed by atoms with van der Waals surface area (Å²) in [6, 6.07) is 0. The maximum absolute atomic E-state index is 12.2. The van der Waals surface area contributed by atoms with E-state index in [0.29, 0.717) is 12.8 Å². The van der Waals surface area contributed by atoms with Crippen molar-refractivity contribution in [3.8, 4) is 0 Å². The van der Waals surface area contributed by atoms with Crippen molar-refractivity contribution in [2.45, 2.75) is 193 Å². The summed E-state index contributed by atoms with van der Waals surface area (Å²) in [6.45, 7) is 3.98. The molecule has 5 heteroatoms. The summed E-state index contributed by atoms with van der Waals surface area (Å²) < 4.78 is 10.6. The van der Waals surface area contributed by atoms with E-state index in [-0.39, 0.29) is 25.2 Å². The molecule has 0 radical (unpaired) electrons. The lowest BCUT2D eigenvalue weighted by Crippen LogP contribution is -2.28. The summed E-state index contributed by atoms with van der Waals surface area (Å²) in [7, 11) is 0. The summed E-state index contributed by atoms with van der Waals surface area (Å²) >= 11 is 0. The molecule has 0 aliphatic rings. The van der Waals surface area contributed by atoms with Gasteiger partial charge in [0, 0.05) is 12.8 Å². The lowest BCUT2D eigenvalue weighted by Gasteiger charge is -2.15. The highest BCUT2D eigenvalue weighted by atomic mass is 16.6. The molecule has 0 saturated carbocycles. The zero-order chi connectivity index (χ0) is 38.6. The molecule has 1 atom stereocenters. The molecule has 0 aromatic rings. The Bertz CT molecular complexity index is 1010. The third kappa shape index (κ3) is 41.7. The van der Waals surface area contributed by atoms with Crippen LogP contribution in [0.3, 0.4) is 0 Å². The van der Waals surface area contributed by atoms with Crippen LogP contribution in [0.1, 0.15) is 187 Å². The molecule has 0 aliphatic carbocycles. The summed E-state index contributed by atoms with van der Waals surface area (Å²) in [6.07, 6.45) is 59.3. The first-order valence-electron chi connectivity index (χ1n) is 21.6. The summed E-state index contributed by atoms with van der Waals surface area (Å²) in [5.74, 6) is -0.625. The summed E-state index contributed by atoms with van der Waals surface area (Å²) in [5.41, 5.74) is 0. The van der Waals surface area contributed by atoms with E-state index < -0.39 is 6.10 Å². The first kappa shape index (κ1) is 50.1. The van der Waals surface area contributed by atoms with Crippen LogP contribution in [0.15, 0.2) is 85.1 Å². The number of aliphatic hydroxyl groups excluding tert-OH is 1. The highest BCUT2D eigenvalue weighted by Gasteiger charge is 2.16. The van der Waals surface area contributed by atoms with Crippen LogP contribution in [0.2, 0.25) is 0 Å². The number of hydrogen-bond donors (Lipinski definition) is 1. The molecule has 0 bridgehead atoms. The van der Waals surface area contributed by atoms with Crippen molar-refractivity contribution in [2.24, 2.45) is 0 Å². The van der Waals surface area contributed by atoms with Crippen LogP contribution in [-0.4, -0.2) is 36.4 Å². The lowest BCUT2D eigenvalue weighted by atomic mass is 10.1. The van der Waals surface area contributed by atoms with E-state index in [0.717, 1.165) is 89.9 Å². The molecule has 0 aromatic carbocycles. The second-order valence-corrected chi connectivity index (χ2v) is 14.0. The largest absolute Gasteiger partial charge is 0.462 e. The zero-order valence-electron chi connectivity index (χ0n) is 34.2. The quantitative estimate of drug-likeness (QED) is 0.0388. The number of esters is 2. The van der Waals surface area contributed by atoms with E-state index >= 15 is 0 Å². The molecule has 53 heavy (non-hydrogen) atoms. The van der Waals surface area contributed by atoms with Crippen molar-refractivity contribution >= 4 is 11.9 Å². The first-order chi connectivity index (χ1) is 26.1. The van der Waals surface area contributed by atoms with Crippen molar-refractivity contribution in [2.75, 3.05) is 13.2 Å². The Hall–Kier alpha value is -2.92. The molecular formula is C48H80O5. The smallest absolute Gasteiger partial charge is 0.306 e. The lowest BCUT2D eigenvalue weighted by molar-refractivity contribution is -0.161. The van der Waals surface area contributed by atoms with Crippen LogP contribution >= 0.6 is 0 Å². The number of allylic oxidation sites excluding steroid dienone is 14. The van der Waals surface area contributed by atoms with Gasteiger partial charge in [-0.2, -0.15) is 0 Å². The number of hydrogen-bond acceptors (Lipinski definition) is 5. The zero-order valence-corrected chi connectivity index (χ0v) is 34.2. The fourth-order valence-electron chi connectivity index (χ4n) is 5.67. The Morgan fingerprint density at radius 1 is 0.453 bits per heavy atom. The minimum atomic E-state index is -0.788. The highest BCUT2D eigenvalue weighted by Crippen LogP contribution is 2.12. The second-order valence-electron chi connectivity index (χ2n) is 14.0. The average Bonchev–Trinajstić information content (AvgIpc) is 3.16. The molecule has 1 N–H and O–H groups in total. The van der Waals surface area contributed by atoms with Crippen LogP contribution in [0, 0.1) is 0 Å². The minimum Gasteiger partial charge on any atom is -0.462 e. The molecule has 1 unspecified atom stereocenters. The van der Waals surface area contributed by atoms with Crippen LogP contribution in [0.5, 0.6) is 0 Å². The van der Waals surface area contributed by atoms with Crippen molar-refractivity contribution in [1.29, 1.82) is 0 Å². The van der Waals surface area contributed by atoms with Crippen LogP contribution in [0.4, 0.5) is 0 Å². The first-order valence-corrected chi connectivity index (χ1v) is 21.6. The monoisotopic (exact) mass is 737 g/mol. The van der Waals surface area contributed by atoms with E-state index in [2.05, 4.69) is 98.9 Å². The fourth-order valence-corrected chi connectivity index (χ4v) is 5.67. The van der Waals surface area contributed by atoms with Crippen molar-refractivity contribution < 1.29 is 24.2 Å². The molecular weight excluding hydrogens is 657 g/mol. The molecule has 302 valence electrons. The fraction of sp³-hybridized carbons (Fsp3) is 0.667. The predicted molar refractivity (Wildman–Crippen MR) is 228 cm³/mol. The van der Waals surface area contributed by atoms with E-state index in [1.165, 1.54) is 70.6 Å². The molecule has 0 rings (SSSR count). The Balaban J connectivity index is 3.62. The van der Waals surface area contributed by atoms with Gasteiger partial charge in [0.2, 0.25) is 0 Å². The van der Waals surface area contributed by atoms with Gasteiger partial charge in [0.15, 0.2) is 6.10 Å². The van der Waals surface area contributed by atoms with Crippen molar-refractivity contribution in [3.05, 3.63) is 85.1 Å². The maximum Gasteiger partial charge on any atom is 0.306 e.